The van der Waals surface area contributed by atoms with E-state index in [1.165, 1.54) is 11.3 Å². The fourth-order valence-electron chi connectivity index (χ4n) is 2.20. The van der Waals surface area contributed by atoms with Gasteiger partial charge in [-0.25, -0.2) is 0 Å². The topological polar surface area (TPSA) is 53.1 Å². The number of hydrogen-bond acceptors (Lipinski definition) is 3. The third kappa shape index (κ3) is 2.24. The number of ether oxygens (including phenoxy) is 1. The highest BCUT2D eigenvalue weighted by molar-refractivity contribution is 5.65. The van der Waals surface area contributed by atoms with Gasteiger partial charge in [0.05, 0.1) is 12.8 Å². The second kappa shape index (κ2) is 5.23. The molecule has 0 radical (unpaired) electrons. The molecule has 96 valence electrons. The van der Waals surface area contributed by atoms with Crippen molar-refractivity contribution in [2.24, 2.45) is 12.8 Å². The fourth-order valence-corrected chi connectivity index (χ4v) is 2.20. The molecule has 4 nitrogen and oxygen atoms in total. The van der Waals surface area contributed by atoms with Gasteiger partial charge in [-0.05, 0) is 31.2 Å². The van der Waals surface area contributed by atoms with Crippen LogP contribution in [0.15, 0.2) is 24.3 Å². The Morgan fingerprint density at radius 2 is 2.17 bits per heavy atom. The Hall–Kier alpha value is -1.81. The average molecular weight is 245 g/mol. The van der Waals surface area contributed by atoms with Gasteiger partial charge in [0.1, 0.15) is 5.75 Å². The molecule has 2 rings (SSSR count). The average Bonchev–Trinajstić information content (AvgIpc) is 2.67. The molecule has 0 aliphatic heterocycles. The molecule has 18 heavy (non-hydrogen) atoms. The van der Waals surface area contributed by atoms with E-state index in [-0.39, 0.29) is 0 Å². The maximum Gasteiger partial charge on any atom is 0.119 e. The Bertz CT molecular complexity index is 546. The SMILES string of the molecule is COc1cccc(-c2nn(C)c(CCN)c2C)c1. The predicted octanol–water partition coefficient (Wildman–Crippen LogP) is 1.91. The summed E-state index contributed by atoms with van der Waals surface area (Å²) in [5.41, 5.74) is 10.1. The van der Waals surface area contributed by atoms with Crippen LogP contribution in [-0.2, 0) is 13.5 Å². The third-order valence-electron chi connectivity index (χ3n) is 3.15. The Morgan fingerprint density at radius 1 is 1.39 bits per heavy atom. The second-order valence-electron chi connectivity index (χ2n) is 4.31. The van der Waals surface area contributed by atoms with Gasteiger partial charge >= 0.3 is 0 Å². The lowest BCUT2D eigenvalue weighted by atomic mass is 10.1. The van der Waals surface area contributed by atoms with Crippen molar-refractivity contribution in [3.05, 3.63) is 35.5 Å². The number of rotatable bonds is 4. The molecular weight excluding hydrogens is 226 g/mol. The van der Waals surface area contributed by atoms with E-state index in [0.717, 1.165) is 23.4 Å². The van der Waals surface area contributed by atoms with Gasteiger partial charge in [0, 0.05) is 24.7 Å². The monoisotopic (exact) mass is 245 g/mol. The van der Waals surface area contributed by atoms with Gasteiger partial charge in [0.25, 0.3) is 0 Å². The van der Waals surface area contributed by atoms with E-state index in [1.807, 2.05) is 36.0 Å². The molecular formula is C14H19N3O. The van der Waals surface area contributed by atoms with Crippen LogP contribution >= 0.6 is 0 Å². The lowest BCUT2D eigenvalue weighted by molar-refractivity contribution is 0.415. The van der Waals surface area contributed by atoms with Crippen LogP contribution in [0.1, 0.15) is 11.3 Å². The van der Waals surface area contributed by atoms with Gasteiger partial charge in [-0.3, -0.25) is 4.68 Å². The van der Waals surface area contributed by atoms with Gasteiger partial charge in [-0.15, -0.1) is 0 Å². The molecule has 4 heteroatoms. The van der Waals surface area contributed by atoms with Crippen LogP contribution in [0.5, 0.6) is 5.75 Å². The highest BCUT2D eigenvalue weighted by Crippen LogP contribution is 2.27. The van der Waals surface area contributed by atoms with E-state index in [2.05, 4.69) is 12.0 Å². The van der Waals surface area contributed by atoms with Crippen molar-refractivity contribution in [2.75, 3.05) is 13.7 Å². The first-order valence-electron chi connectivity index (χ1n) is 6.04. The summed E-state index contributed by atoms with van der Waals surface area (Å²) in [6, 6.07) is 7.96. The van der Waals surface area contributed by atoms with E-state index >= 15 is 0 Å². The summed E-state index contributed by atoms with van der Waals surface area (Å²) in [5, 5.41) is 4.58. The second-order valence-corrected chi connectivity index (χ2v) is 4.31. The van der Waals surface area contributed by atoms with Crippen molar-refractivity contribution in [3.63, 3.8) is 0 Å². The number of nitrogens with two attached hydrogens (primary N) is 1. The van der Waals surface area contributed by atoms with Crippen LogP contribution in [0.3, 0.4) is 0 Å². The third-order valence-corrected chi connectivity index (χ3v) is 3.15. The minimum absolute atomic E-state index is 0.637. The van der Waals surface area contributed by atoms with Gasteiger partial charge in [-0.1, -0.05) is 12.1 Å². The molecule has 1 aromatic heterocycles. The summed E-state index contributed by atoms with van der Waals surface area (Å²) < 4.78 is 7.16. The standard InChI is InChI=1S/C14H19N3O/c1-10-13(7-8-15)17(2)16-14(10)11-5-4-6-12(9-11)18-3/h4-6,9H,7-8,15H2,1-3H3. The van der Waals surface area contributed by atoms with Crippen molar-refractivity contribution >= 4 is 0 Å². The number of methoxy groups -OCH3 is 1. The van der Waals surface area contributed by atoms with Gasteiger partial charge in [-0.2, -0.15) is 5.10 Å². The first-order chi connectivity index (χ1) is 8.67. The molecule has 0 saturated heterocycles. The molecule has 0 aliphatic rings. The van der Waals surface area contributed by atoms with Crippen LogP contribution in [0, 0.1) is 6.92 Å². The normalized spacial score (nSPS) is 10.7. The minimum atomic E-state index is 0.637. The molecule has 2 aromatic rings. The molecule has 0 unspecified atom stereocenters. The van der Waals surface area contributed by atoms with E-state index in [1.54, 1.807) is 7.11 Å². The Morgan fingerprint density at radius 3 is 2.83 bits per heavy atom. The number of aryl methyl sites for hydroxylation is 1. The molecule has 0 bridgehead atoms. The summed E-state index contributed by atoms with van der Waals surface area (Å²) in [5.74, 6) is 0.845. The van der Waals surface area contributed by atoms with Crippen molar-refractivity contribution in [2.45, 2.75) is 13.3 Å². The number of aromatic nitrogens is 2. The lowest BCUT2D eigenvalue weighted by Gasteiger charge is -2.03. The zero-order chi connectivity index (χ0) is 13.1. The van der Waals surface area contributed by atoms with Crippen LogP contribution in [0.2, 0.25) is 0 Å². The van der Waals surface area contributed by atoms with Gasteiger partial charge in [0.2, 0.25) is 0 Å². The van der Waals surface area contributed by atoms with Crippen LogP contribution in [0.25, 0.3) is 11.3 Å². The number of hydrogen-bond donors (Lipinski definition) is 1. The molecule has 2 N–H and O–H groups in total. The van der Waals surface area contributed by atoms with Crippen molar-refractivity contribution in [1.29, 1.82) is 0 Å². The molecule has 1 heterocycles. The molecule has 0 aliphatic carbocycles. The number of nitrogens with zero attached hydrogens (tertiary/aromatic N) is 2. The Labute approximate surface area is 107 Å². The van der Waals surface area contributed by atoms with Crippen LogP contribution in [0.4, 0.5) is 0 Å². The largest absolute Gasteiger partial charge is 0.497 e. The number of benzene rings is 1. The molecule has 1 aromatic carbocycles. The molecule has 0 atom stereocenters. The van der Waals surface area contributed by atoms with E-state index in [0.29, 0.717) is 6.54 Å². The molecule has 0 spiro atoms. The smallest absolute Gasteiger partial charge is 0.119 e. The Kier molecular flexibility index (Phi) is 3.67. The van der Waals surface area contributed by atoms with Crippen LogP contribution < -0.4 is 10.5 Å². The van der Waals surface area contributed by atoms with Crippen molar-refractivity contribution in [1.82, 2.24) is 9.78 Å². The molecule has 0 fully saturated rings. The summed E-state index contributed by atoms with van der Waals surface area (Å²) in [7, 11) is 3.63. The minimum Gasteiger partial charge on any atom is -0.497 e. The summed E-state index contributed by atoms with van der Waals surface area (Å²) in [6.45, 7) is 2.73. The Balaban J connectivity index is 2.47. The van der Waals surface area contributed by atoms with E-state index in [9.17, 15) is 0 Å². The summed E-state index contributed by atoms with van der Waals surface area (Å²) in [6.07, 6.45) is 0.847. The highest BCUT2D eigenvalue weighted by Gasteiger charge is 2.13. The van der Waals surface area contributed by atoms with Crippen LogP contribution in [-0.4, -0.2) is 23.4 Å². The first kappa shape index (κ1) is 12.6. The zero-order valence-corrected chi connectivity index (χ0v) is 11.1. The predicted molar refractivity (Wildman–Crippen MR) is 72.7 cm³/mol. The quantitative estimate of drug-likeness (QED) is 0.895. The van der Waals surface area contributed by atoms with Crippen molar-refractivity contribution in [3.8, 4) is 17.0 Å². The molecule has 0 saturated carbocycles. The highest BCUT2D eigenvalue weighted by atomic mass is 16.5. The fraction of sp³-hybridized carbons (Fsp3) is 0.357. The zero-order valence-electron chi connectivity index (χ0n) is 11.1. The maximum absolute atomic E-state index is 5.63. The molecule has 0 amide bonds. The van der Waals surface area contributed by atoms with Gasteiger partial charge < -0.3 is 10.5 Å². The van der Waals surface area contributed by atoms with E-state index < -0.39 is 0 Å². The van der Waals surface area contributed by atoms with Crippen molar-refractivity contribution < 1.29 is 4.74 Å². The first-order valence-corrected chi connectivity index (χ1v) is 6.04. The summed E-state index contributed by atoms with van der Waals surface area (Å²) in [4.78, 5) is 0. The lowest BCUT2D eigenvalue weighted by Crippen LogP contribution is -2.08. The van der Waals surface area contributed by atoms with Gasteiger partial charge in [0.15, 0.2) is 0 Å². The summed E-state index contributed by atoms with van der Waals surface area (Å²) >= 11 is 0. The van der Waals surface area contributed by atoms with E-state index in [4.69, 9.17) is 10.5 Å². The maximum atomic E-state index is 5.63.